The van der Waals surface area contributed by atoms with E-state index in [0.29, 0.717) is 12.6 Å². The first kappa shape index (κ1) is 15.1. The monoisotopic (exact) mass is 294 g/mol. The van der Waals surface area contributed by atoms with Crippen molar-refractivity contribution >= 4 is 5.96 Å². The molecule has 2 N–H and O–H groups in total. The highest BCUT2D eigenvalue weighted by Crippen LogP contribution is 2.30. The third-order valence-corrected chi connectivity index (χ3v) is 5.44. The van der Waals surface area contributed by atoms with E-state index in [1.54, 1.807) is 0 Å². The van der Waals surface area contributed by atoms with Gasteiger partial charge >= 0.3 is 0 Å². The molecule has 2 heterocycles. The summed E-state index contributed by atoms with van der Waals surface area (Å²) in [6.07, 6.45) is 8.35. The second kappa shape index (κ2) is 6.53. The Bertz CT molecular complexity index is 374. The van der Waals surface area contributed by atoms with Crippen molar-refractivity contribution in [2.24, 2.45) is 4.99 Å². The quantitative estimate of drug-likeness (QED) is 0.603. The van der Waals surface area contributed by atoms with Crippen LogP contribution in [0.2, 0.25) is 0 Å². The number of nitrogens with one attached hydrogen (secondary N) is 1. The number of aliphatic imine (C=N–C) groups is 1. The number of nitrogens with zero attached hydrogens (tertiary/aromatic N) is 3. The molecule has 0 spiro atoms. The molecule has 0 aromatic rings. The summed E-state index contributed by atoms with van der Waals surface area (Å²) in [6, 6.07) is 0.690. The minimum atomic E-state index is -0.484. The molecule has 2 aliphatic heterocycles. The Balaban J connectivity index is 1.48. The number of piperidine rings is 1. The standard InChI is InChI=1S/C16H30N4O/c1-17-15(18-13-16(21)7-5-8-16)20-11-6-14(12-20)19-9-3-2-4-10-19/h14,21H,2-13H2,1H3,(H,17,18). The molecule has 1 saturated carbocycles. The lowest BCUT2D eigenvalue weighted by molar-refractivity contribution is -0.0282. The van der Waals surface area contributed by atoms with Crippen LogP contribution in [0.1, 0.15) is 44.9 Å². The highest BCUT2D eigenvalue weighted by atomic mass is 16.3. The smallest absolute Gasteiger partial charge is 0.193 e. The van der Waals surface area contributed by atoms with E-state index < -0.39 is 5.60 Å². The maximum atomic E-state index is 10.2. The molecule has 2 saturated heterocycles. The molecule has 0 amide bonds. The topological polar surface area (TPSA) is 51.1 Å². The summed E-state index contributed by atoms with van der Waals surface area (Å²) in [5.74, 6) is 0.967. The highest BCUT2D eigenvalue weighted by Gasteiger charge is 2.35. The third kappa shape index (κ3) is 3.51. The Labute approximate surface area is 128 Å². The minimum Gasteiger partial charge on any atom is -0.388 e. The average molecular weight is 294 g/mol. The lowest BCUT2D eigenvalue weighted by atomic mass is 9.80. The first-order valence-electron chi connectivity index (χ1n) is 8.62. The van der Waals surface area contributed by atoms with Gasteiger partial charge in [-0.05, 0) is 51.6 Å². The van der Waals surface area contributed by atoms with Crippen molar-refractivity contribution in [1.82, 2.24) is 15.1 Å². The molecule has 1 aliphatic carbocycles. The van der Waals surface area contributed by atoms with Crippen LogP contribution in [0.4, 0.5) is 0 Å². The van der Waals surface area contributed by atoms with Crippen molar-refractivity contribution < 1.29 is 5.11 Å². The lowest BCUT2D eigenvalue weighted by Crippen LogP contribution is -2.51. The molecule has 3 rings (SSSR count). The zero-order valence-electron chi connectivity index (χ0n) is 13.4. The van der Waals surface area contributed by atoms with Crippen LogP contribution in [0, 0.1) is 0 Å². The van der Waals surface area contributed by atoms with Gasteiger partial charge in [0.2, 0.25) is 0 Å². The zero-order chi connectivity index (χ0) is 14.7. The van der Waals surface area contributed by atoms with Gasteiger partial charge < -0.3 is 15.3 Å². The molecule has 120 valence electrons. The maximum absolute atomic E-state index is 10.2. The molecular formula is C16H30N4O. The van der Waals surface area contributed by atoms with Gasteiger partial charge in [-0.25, -0.2) is 0 Å². The summed E-state index contributed by atoms with van der Waals surface area (Å²) in [4.78, 5) is 9.44. The first-order chi connectivity index (χ1) is 10.2. The fourth-order valence-electron chi connectivity index (χ4n) is 3.85. The van der Waals surface area contributed by atoms with Crippen LogP contribution in [0.25, 0.3) is 0 Å². The van der Waals surface area contributed by atoms with Crippen molar-refractivity contribution in [3.8, 4) is 0 Å². The molecule has 0 radical (unpaired) electrons. The largest absolute Gasteiger partial charge is 0.388 e. The van der Waals surface area contributed by atoms with Crippen LogP contribution >= 0.6 is 0 Å². The van der Waals surface area contributed by atoms with Gasteiger partial charge in [-0.3, -0.25) is 9.89 Å². The van der Waals surface area contributed by atoms with Gasteiger partial charge in [0.1, 0.15) is 0 Å². The van der Waals surface area contributed by atoms with Crippen LogP contribution in [-0.2, 0) is 0 Å². The first-order valence-corrected chi connectivity index (χ1v) is 8.62. The second-order valence-electron chi connectivity index (χ2n) is 6.96. The Kier molecular flexibility index (Phi) is 4.69. The minimum absolute atomic E-state index is 0.484. The number of guanidine groups is 1. The SMILES string of the molecule is CN=C(NCC1(O)CCC1)N1CCC(N2CCCCC2)C1. The van der Waals surface area contributed by atoms with Crippen LogP contribution < -0.4 is 5.32 Å². The summed E-state index contributed by atoms with van der Waals surface area (Å²) >= 11 is 0. The lowest BCUT2D eigenvalue weighted by Gasteiger charge is -2.38. The van der Waals surface area contributed by atoms with E-state index in [0.717, 1.165) is 38.3 Å². The van der Waals surface area contributed by atoms with E-state index in [1.807, 2.05) is 7.05 Å². The molecule has 5 heteroatoms. The predicted molar refractivity (Wildman–Crippen MR) is 85.6 cm³/mol. The van der Waals surface area contributed by atoms with Gasteiger partial charge in [-0.2, -0.15) is 0 Å². The molecule has 1 atom stereocenters. The Morgan fingerprint density at radius 2 is 1.95 bits per heavy atom. The highest BCUT2D eigenvalue weighted by molar-refractivity contribution is 5.80. The summed E-state index contributed by atoms with van der Waals surface area (Å²) < 4.78 is 0. The van der Waals surface area contributed by atoms with E-state index >= 15 is 0 Å². The van der Waals surface area contributed by atoms with Crippen molar-refractivity contribution in [1.29, 1.82) is 0 Å². The Hall–Kier alpha value is -0.810. The Morgan fingerprint density at radius 3 is 2.57 bits per heavy atom. The van der Waals surface area contributed by atoms with Gasteiger partial charge in [0.05, 0.1) is 5.60 Å². The molecule has 0 aromatic heterocycles. The van der Waals surface area contributed by atoms with Crippen molar-refractivity contribution in [3.05, 3.63) is 0 Å². The van der Waals surface area contributed by atoms with E-state index in [1.165, 1.54) is 38.8 Å². The van der Waals surface area contributed by atoms with E-state index in [4.69, 9.17) is 0 Å². The van der Waals surface area contributed by atoms with Gasteiger partial charge in [0.15, 0.2) is 5.96 Å². The molecule has 21 heavy (non-hydrogen) atoms. The predicted octanol–water partition coefficient (Wildman–Crippen LogP) is 1.04. The molecule has 1 unspecified atom stereocenters. The summed E-state index contributed by atoms with van der Waals surface area (Å²) in [5.41, 5.74) is -0.484. The summed E-state index contributed by atoms with van der Waals surface area (Å²) in [5, 5.41) is 13.6. The van der Waals surface area contributed by atoms with Gasteiger partial charge in [0, 0.05) is 32.7 Å². The fraction of sp³-hybridized carbons (Fsp3) is 0.938. The molecule has 5 nitrogen and oxygen atoms in total. The number of hydrogen-bond acceptors (Lipinski definition) is 3. The van der Waals surface area contributed by atoms with E-state index in [-0.39, 0.29) is 0 Å². The number of hydrogen-bond donors (Lipinski definition) is 2. The Morgan fingerprint density at radius 1 is 1.19 bits per heavy atom. The fourth-order valence-corrected chi connectivity index (χ4v) is 3.85. The van der Waals surface area contributed by atoms with Crippen molar-refractivity contribution in [3.63, 3.8) is 0 Å². The molecule has 0 bridgehead atoms. The summed E-state index contributed by atoms with van der Waals surface area (Å²) in [7, 11) is 1.85. The zero-order valence-corrected chi connectivity index (χ0v) is 13.4. The molecule has 3 aliphatic rings. The second-order valence-corrected chi connectivity index (χ2v) is 6.96. The summed E-state index contributed by atoms with van der Waals surface area (Å²) in [6.45, 7) is 5.34. The van der Waals surface area contributed by atoms with E-state index in [9.17, 15) is 5.11 Å². The normalized spacial score (nSPS) is 30.3. The average Bonchev–Trinajstić information content (AvgIpc) is 2.97. The third-order valence-electron chi connectivity index (χ3n) is 5.44. The van der Waals surface area contributed by atoms with Gasteiger partial charge in [-0.1, -0.05) is 6.42 Å². The van der Waals surface area contributed by atoms with Crippen molar-refractivity contribution in [2.45, 2.75) is 56.6 Å². The van der Waals surface area contributed by atoms with Crippen LogP contribution in [-0.4, -0.2) is 72.3 Å². The number of likely N-dealkylation sites (tertiary alicyclic amines) is 2. The molecule has 0 aromatic carbocycles. The van der Waals surface area contributed by atoms with Crippen LogP contribution in [0.5, 0.6) is 0 Å². The van der Waals surface area contributed by atoms with Crippen molar-refractivity contribution in [2.75, 3.05) is 39.8 Å². The van der Waals surface area contributed by atoms with E-state index in [2.05, 4.69) is 20.1 Å². The van der Waals surface area contributed by atoms with Gasteiger partial charge in [-0.15, -0.1) is 0 Å². The molecule has 3 fully saturated rings. The van der Waals surface area contributed by atoms with Crippen LogP contribution in [0.15, 0.2) is 4.99 Å². The van der Waals surface area contributed by atoms with Crippen LogP contribution in [0.3, 0.4) is 0 Å². The number of rotatable bonds is 3. The number of aliphatic hydroxyl groups is 1. The van der Waals surface area contributed by atoms with Gasteiger partial charge in [0.25, 0.3) is 0 Å². The molecular weight excluding hydrogens is 264 g/mol. The maximum Gasteiger partial charge on any atom is 0.193 e.